The fourth-order valence-corrected chi connectivity index (χ4v) is 1.46. The van der Waals surface area contributed by atoms with E-state index in [9.17, 15) is 4.79 Å². The molecule has 0 amide bonds. The van der Waals surface area contributed by atoms with Crippen LogP contribution in [0.4, 0.5) is 0 Å². The summed E-state index contributed by atoms with van der Waals surface area (Å²) < 4.78 is 4.95. The van der Waals surface area contributed by atoms with E-state index in [0.29, 0.717) is 0 Å². The number of esters is 1. The molecule has 1 heterocycles. The lowest BCUT2D eigenvalue weighted by atomic mass is 10.2. The lowest BCUT2D eigenvalue weighted by Crippen LogP contribution is -2.05. The van der Waals surface area contributed by atoms with Crippen LogP contribution in [-0.4, -0.2) is 12.1 Å². The fourth-order valence-electron chi connectivity index (χ4n) is 1.46. The van der Waals surface area contributed by atoms with Gasteiger partial charge in [0.15, 0.2) is 0 Å². The molecule has 2 rings (SSSR count). The van der Waals surface area contributed by atoms with Gasteiger partial charge in [-0.25, -0.2) is 4.79 Å². The van der Waals surface area contributed by atoms with Crippen molar-refractivity contribution in [1.29, 1.82) is 0 Å². The fraction of sp³-hybridized carbons (Fsp3) is 0.571. The van der Waals surface area contributed by atoms with Crippen LogP contribution in [0.3, 0.4) is 0 Å². The average Bonchev–Trinajstić information content (AvgIpc) is 2.22. The van der Waals surface area contributed by atoms with E-state index in [2.05, 4.69) is 0 Å². The highest BCUT2D eigenvalue weighted by Gasteiger charge is 2.29. The maximum Gasteiger partial charge on any atom is 0.331 e. The van der Waals surface area contributed by atoms with Crippen LogP contribution in [0.2, 0.25) is 0 Å². The van der Waals surface area contributed by atoms with Gasteiger partial charge in [-0.1, -0.05) is 0 Å². The Hall–Kier alpha value is -0.790. The minimum absolute atomic E-state index is 0.144. The van der Waals surface area contributed by atoms with Crippen molar-refractivity contribution in [2.24, 2.45) is 0 Å². The van der Waals surface area contributed by atoms with Gasteiger partial charge in [-0.2, -0.15) is 0 Å². The van der Waals surface area contributed by atoms with E-state index in [1.54, 1.807) is 6.08 Å². The molecule has 0 N–H and O–H groups in total. The van der Waals surface area contributed by atoms with Crippen molar-refractivity contribution in [1.82, 2.24) is 0 Å². The van der Waals surface area contributed by atoms with Gasteiger partial charge in [0.1, 0.15) is 6.10 Å². The Morgan fingerprint density at radius 2 is 2.56 bits per heavy atom. The van der Waals surface area contributed by atoms with Gasteiger partial charge in [0.25, 0.3) is 0 Å². The lowest BCUT2D eigenvalue weighted by Gasteiger charge is -2.01. The summed E-state index contributed by atoms with van der Waals surface area (Å²) in [5, 5.41) is 0. The minimum atomic E-state index is -0.144. The normalized spacial score (nSPS) is 31.8. The van der Waals surface area contributed by atoms with Crippen LogP contribution < -0.4 is 0 Å². The predicted octanol–water partition coefficient (Wildman–Crippen LogP) is 1.02. The van der Waals surface area contributed by atoms with Crippen molar-refractivity contribution in [3.63, 3.8) is 0 Å². The summed E-state index contributed by atoms with van der Waals surface area (Å²) in [4.78, 5) is 10.6. The Labute approximate surface area is 53.5 Å². The van der Waals surface area contributed by atoms with Crippen molar-refractivity contribution in [2.75, 3.05) is 0 Å². The van der Waals surface area contributed by atoms with Crippen LogP contribution in [0.5, 0.6) is 0 Å². The molecule has 0 radical (unpaired) electrons. The average molecular weight is 124 g/mol. The van der Waals surface area contributed by atoms with Gasteiger partial charge in [0.2, 0.25) is 0 Å². The molecule has 2 nitrogen and oxygen atoms in total. The van der Waals surface area contributed by atoms with Crippen LogP contribution in [-0.2, 0) is 9.53 Å². The SMILES string of the molecule is O=C1C=C2CCC[C@H]2O1. The largest absolute Gasteiger partial charge is 0.455 e. The molecule has 48 valence electrons. The Bertz CT molecular complexity index is 181. The van der Waals surface area contributed by atoms with Crippen LogP contribution in [0.15, 0.2) is 11.6 Å². The summed E-state index contributed by atoms with van der Waals surface area (Å²) in [7, 11) is 0. The summed E-state index contributed by atoms with van der Waals surface area (Å²) >= 11 is 0. The summed E-state index contributed by atoms with van der Waals surface area (Å²) in [6.45, 7) is 0. The topological polar surface area (TPSA) is 26.3 Å². The zero-order chi connectivity index (χ0) is 6.27. The van der Waals surface area contributed by atoms with E-state index < -0.39 is 0 Å². The van der Waals surface area contributed by atoms with Gasteiger partial charge in [-0.05, 0) is 24.8 Å². The molecule has 1 atom stereocenters. The van der Waals surface area contributed by atoms with Gasteiger partial charge in [-0.15, -0.1) is 0 Å². The molecule has 0 saturated heterocycles. The van der Waals surface area contributed by atoms with E-state index in [4.69, 9.17) is 4.74 Å². The third kappa shape index (κ3) is 0.661. The van der Waals surface area contributed by atoms with E-state index in [-0.39, 0.29) is 12.1 Å². The number of fused-ring (bicyclic) bond motifs is 1. The van der Waals surface area contributed by atoms with E-state index in [0.717, 1.165) is 12.8 Å². The molecule has 0 aromatic rings. The van der Waals surface area contributed by atoms with Gasteiger partial charge in [-0.3, -0.25) is 0 Å². The highest BCUT2D eigenvalue weighted by molar-refractivity contribution is 5.86. The molecule has 1 fully saturated rings. The van der Waals surface area contributed by atoms with Crippen molar-refractivity contribution < 1.29 is 9.53 Å². The highest BCUT2D eigenvalue weighted by Crippen LogP contribution is 2.31. The van der Waals surface area contributed by atoms with Gasteiger partial charge < -0.3 is 4.74 Å². The quantitative estimate of drug-likeness (QED) is 0.451. The maximum absolute atomic E-state index is 10.6. The molecule has 0 bridgehead atoms. The van der Waals surface area contributed by atoms with Gasteiger partial charge in [0, 0.05) is 6.08 Å². The predicted molar refractivity (Wildman–Crippen MR) is 31.8 cm³/mol. The molecule has 1 aliphatic carbocycles. The van der Waals surface area contributed by atoms with Crippen molar-refractivity contribution >= 4 is 5.97 Å². The number of hydrogen-bond donors (Lipinski definition) is 0. The molecule has 2 aliphatic rings. The number of rotatable bonds is 0. The summed E-state index contributed by atoms with van der Waals surface area (Å²) in [6, 6.07) is 0. The van der Waals surface area contributed by atoms with E-state index >= 15 is 0 Å². The molecular formula is C7H8O2. The molecule has 0 spiro atoms. The first-order chi connectivity index (χ1) is 4.36. The number of carbonyl (C=O) groups is 1. The third-order valence-corrected chi connectivity index (χ3v) is 1.91. The second kappa shape index (κ2) is 1.59. The standard InChI is InChI=1S/C7H8O2/c8-7-4-5-2-1-3-6(5)9-7/h4,6H,1-3H2/t6-/m1/s1. The molecule has 0 aromatic carbocycles. The Morgan fingerprint density at radius 1 is 1.67 bits per heavy atom. The van der Waals surface area contributed by atoms with Crippen molar-refractivity contribution in [3.05, 3.63) is 11.6 Å². The Kier molecular flexibility index (Phi) is 0.891. The first kappa shape index (κ1) is 5.03. The third-order valence-electron chi connectivity index (χ3n) is 1.91. The highest BCUT2D eigenvalue weighted by atomic mass is 16.5. The summed E-state index contributed by atoms with van der Waals surface area (Å²) in [5.41, 5.74) is 1.21. The number of ether oxygens (including phenoxy) is 1. The minimum Gasteiger partial charge on any atom is -0.455 e. The molecule has 0 unspecified atom stereocenters. The first-order valence-electron chi connectivity index (χ1n) is 3.27. The summed E-state index contributed by atoms with van der Waals surface area (Å²) in [5.74, 6) is -0.144. The second-order valence-electron chi connectivity index (χ2n) is 2.54. The van der Waals surface area contributed by atoms with Crippen LogP contribution in [0.25, 0.3) is 0 Å². The lowest BCUT2D eigenvalue weighted by molar-refractivity contribution is -0.138. The maximum atomic E-state index is 10.6. The molecular weight excluding hydrogens is 116 g/mol. The zero-order valence-electron chi connectivity index (χ0n) is 5.09. The second-order valence-corrected chi connectivity index (χ2v) is 2.54. The molecule has 9 heavy (non-hydrogen) atoms. The summed E-state index contributed by atoms with van der Waals surface area (Å²) in [6.07, 6.45) is 5.09. The van der Waals surface area contributed by atoms with Crippen LogP contribution in [0.1, 0.15) is 19.3 Å². The molecule has 0 aromatic heterocycles. The van der Waals surface area contributed by atoms with Crippen LogP contribution >= 0.6 is 0 Å². The Morgan fingerprint density at radius 3 is 3.33 bits per heavy atom. The zero-order valence-corrected chi connectivity index (χ0v) is 5.09. The molecule has 2 heteroatoms. The van der Waals surface area contributed by atoms with Crippen molar-refractivity contribution in [3.8, 4) is 0 Å². The number of carbonyl (C=O) groups excluding carboxylic acids is 1. The first-order valence-corrected chi connectivity index (χ1v) is 3.27. The van der Waals surface area contributed by atoms with Crippen molar-refractivity contribution in [2.45, 2.75) is 25.4 Å². The number of hydrogen-bond acceptors (Lipinski definition) is 2. The monoisotopic (exact) mass is 124 g/mol. The molecule has 1 saturated carbocycles. The Balaban J connectivity index is 2.27. The van der Waals surface area contributed by atoms with Gasteiger partial charge >= 0.3 is 5.97 Å². The van der Waals surface area contributed by atoms with E-state index in [1.165, 1.54) is 12.0 Å². The van der Waals surface area contributed by atoms with Gasteiger partial charge in [0.05, 0.1) is 0 Å². The van der Waals surface area contributed by atoms with E-state index in [1.807, 2.05) is 0 Å². The smallest absolute Gasteiger partial charge is 0.331 e. The van der Waals surface area contributed by atoms with Crippen LogP contribution in [0, 0.1) is 0 Å². The molecule has 1 aliphatic heterocycles.